The first kappa shape index (κ1) is 17.1. The highest BCUT2D eigenvalue weighted by Gasteiger charge is 2.18. The molecule has 0 saturated heterocycles. The number of carboxylic acid groups (broad SMARTS) is 1. The fraction of sp³-hybridized carbons (Fsp3) is 0.417. The van der Waals surface area contributed by atoms with Gasteiger partial charge < -0.3 is 10.4 Å². The van der Waals surface area contributed by atoms with E-state index in [0.29, 0.717) is 13.0 Å². The Morgan fingerprint density at radius 2 is 2.05 bits per heavy atom. The number of hydrogen-bond donors (Lipinski definition) is 3. The molecule has 3 N–H and O–H groups in total. The molecule has 0 amide bonds. The van der Waals surface area contributed by atoms with E-state index in [9.17, 15) is 13.2 Å². The molecule has 0 aromatic heterocycles. The molecule has 0 bridgehead atoms. The lowest BCUT2D eigenvalue weighted by Crippen LogP contribution is -2.27. The molecule has 1 rings (SSSR count). The molecule has 1 aromatic rings. The lowest BCUT2D eigenvalue weighted by atomic mass is 10.2. The minimum atomic E-state index is -3.64. The van der Waals surface area contributed by atoms with Crippen molar-refractivity contribution < 1.29 is 18.3 Å². The third-order valence-electron chi connectivity index (χ3n) is 2.54. The van der Waals surface area contributed by atoms with Gasteiger partial charge in [-0.05, 0) is 53.6 Å². The topological polar surface area (TPSA) is 95.5 Å². The van der Waals surface area contributed by atoms with E-state index >= 15 is 0 Å². The first-order chi connectivity index (χ1) is 9.38. The van der Waals surface area contributed by atoms with E-state index in [4.69, 9.17) is 5.11 Å². The highest BCUT2D eigenvalue weighted by molar-refractivity contribution is 9.10. The van der Waals surface area contributed by atoms with Crippen molar-refractivity contribution in [2.75, 3.05) is 19.6 Å². The molecule has 0 unspecified atom stereocenters. The lowest BCUT2D eigenvalue weighted by Gasteiger charge is -2.09. The van der Waals surface area contributed by atoms with Gasteiger partial charge >= 0.3 is 5.97 Å². The van der Waals surface area contributed by atoms with Gasteiger partial charge in [-0.15, -0.1) is 0 Å². The van der Waals surface area contributed by atoms with Gasteiger partial charge in [0.05, 0.1) is 10.5 Å². The van der Waals surface area contributed by atoms with Crippen LogP contribution in [0, 0.1) is 0 Å². The molecular formula is C12H17BrN2O4S. The summed E-state index contributed by atoms with van der Waals surface area (Å²) < 4.78 is 26.8. The van der Waals surface area contributed by atoms with Crippen LogP contribution >= 0.6 is 15.9 Å². The molecule has 6 nitrogen and oxygen atoms in total. The van der Waals surface area contributed by atoms with E-state index in [1.807, 2.05) is 6.92 Å². The van der Waals surface area contributed by atoms with Crippen molar-refractivity contribution in [3.63, 3.8) is 0 Å². The summed E-state index contributed by atoms with van der Waals surface area (Å²) in [4.78, 5) is 10.8. The Labute approximate surface area is 126 Å². The molecule has 0 heterocycles. The van der Waals surface area contributed by atoms with Crippen LogP contribution in [0.1, 0.15) is 23.7 Å². The van der Waals surface area contributed by atoms with Crippen LogP contribution < -0.4 is 10.0 Å². The van der Waals surface area contributed by atoms with E-state index < -0.39 is 16.0 Å². The Kier molecular flexibility index (Phi) is 6.60. The summed E-state index contributed by atoms with van der Waals surface area (Å²) >= 11 is 3.09. The molecular weight excluding hydrogens is 348 g/mol. The second-order valence-corrected chi connectivity index (χ2v) is 6.64. The fourth-order valence-electron chi connectivity index (χ4n) is 1.53. The van der Waals surface area contributed by atoms with E-state index in [1.165, 1.54) is 18.2 Å². The zero-order valence-electron chi connectivity index (χ0n) is 11.0. The largest absolute Gasteiger partial charge is 0.478 e. The van der Waals surface area contributed by atoms with Gasteiger partial charge in [-0.2, -0.15) is 0 Å². The van der Waals surface area contributed by atoms with Crippen LogP contribution in [0.4, 0.5) is 0 Å². The van der Waals surface area contributed by atoms with E-state index in [1.54, 1.807) is 0 Å². The first-order valence-electron chi connectivity index (χ1n) is 6.11. The van der Waals surface area contributed by atoms with Gasteiger partial charge in [0.25, 0.3) is 0 Å². The van der Waals surface area contributed by atoms with Crippen molar-refractivity contribution in [2.45, 2.75) is 18.2 Å². The Balaban J connectivity index is 2.75. The molecule has 0 radical (unpaired) electrons. The normalized spacial score (nSPS) is 11.5. The number of carbonyl (C=O) groups is 1. The van der Waals surface area contributed by atoms with Crippen LogP contribution in [0.15, 0.2) is 27.6 Å². The average Bonchev–Trinajstić information content (AvgIpc) is 2.37. The van der Waals surface area contributed by atoms with Crippen molar-refractivity contribution >= 4 is 31.9 Å². The summed E-state index contributed by atoms with van der Waals surface area (Å²) in [6.07, 6.45) is 0.678. The third kappa shape index (κ3) is 4.86. The summed E-state index contributed by atoms with van der Waals surface area (Å²) in [7, 11) is -3.64. The van der Waals surface area contributed by atoms with Gasteiger partial charge in [0, 0.05) is 11.0 Å². The van der Waals surface area contributed by atoms with Crippen LogP contribution in [-0.2, 0) is 10.0 Å². The fourth-order valence-corrected chi connectivity index (χ4v) is 3.68. The van der Waals surface area contributed by atoms with Crippen molar-refractivity contribution in [3.8, 4) is 0 Å². The summed E-state index contributed by atoms with van der Waals surface area (Å²) in [5.74, 6) is -1.10. The zero-order valence-corrected chi connectivity index (χ0v) is 13.4. The van der Waals surface area contributed by atoms with Crippen molar-refractivity contribution in [1.29, 1.82) is 0 Å². The number of hydrogen-bond acceptors (Lipinski definition) is 4. The summed E-state index contributed by atoms with van der Waals surface area (Å²) in [6, 6.07) is 3.82. The number of aromatic carboxylic acids is 1. The molecule has 0 aliphatic heterocycles. The van der Waals surface area contributed by atoms with Gasteiger partial charge in [0.15, 0.2) is 0 Å². The molecule has 0 aliphatic carbocycles. The highest BCUT2D eigenvalue weighted by Crippen LogP contribution is 2.23. The summed E-state index contributed by atoms with van der Waals surface area (Å²) in [6.45, 7) is 3.88. The van der Waals surface area contributed by atoms with Gasteiger partial charge in [-0.25, -0.2) is 17.9 Å². The smallest absolute Gasteiger partial charge is 0.335 e. The molecule has 0 aliphatic rings. The molecule has 0 spiro atoms. The van der Waals surface area contributed by atoms with E-state index in [0.717, 1.165) is 13.1 Å². The van der Waals surface area contributed by atoms with E-state index in [2.05, 4.69) is 26.0 Å². The van der Waals surface area contributed by atoms with Crippen molar-refractivity contribution in [2.24, 2.45) is 0 Å². The van der Waals surface area contributed by atoms with Gasteiger partial charge in [-0.3, -0.25) is 0 Å². The predicted octanol–water partition coefficient (Wildman–Crippen LogP) is 1.43. The molecule has 8 heteroatoms. The molecule has 112 valence electrons. The van der Waals surface area contributed by atoms with Crippen molar-refractivity contribution in [1.82, 2.24) is 10.0 Å². The average molecular weight is 365 g/mol. The Morgan fingerprint density at radius 3 is 2.60 bits per heavy atom. The molecule has 0 saturated carbocycles. The van der Waals surface area contributed by atoms with Crippen LogP contribution in [0.3, 0.4) is 0 Å². The molecule has 20 heavy (non-hydrogen) atoms. The number of benzene rings is 1. The summed E-state index contributed by atoms with van der Waals surface area (Å²) in [5, 5.41) is 11.9. The van der Waals surface area contributed by atoms with Crippen LogP contribution in [0.2, 0.25) is 0 Å². The monoisotopic (exact) mass is 364 g/mol. The zero-order chi connectivity index (χ0) is 15.2. The molecule has 0 fully saturated rings. The molecule has 0 atom stereocenters. The van der Waals surface area contributed by atoms with Crippen molar-refractivity contribution in [3.05, 3.63) is 28.2 Å². The van der Waals surface area contributed by atoms with Crippen LogP contribution in [0.25, 0.3) is 0 Å². The molecule has 1 aromatic carbocycles. The predicted molar refractivity (Wildman–Crippen MR) is 79.5 cm³/mol. The maximum absolute atomic E-state index is 12.1. The van der Waals surface area contributed by atoms with Gasteiger partial charge in [0.1, 0.15) is 0 Å². The van der Waals surface area contributed by atoms with Gasteiger partial charge in [0.2, 0.25) is 10.0 Å². The first-order valence-corrected chi connectivity index (χ1v) is 8.39. The van der Waals surface area contributed by atoms with E-state index in [-0.39, 0.29) is 14.9 Å². The number of carboxylic acids is 1. The second-order valence-electron chi connectivity index (χ2n) is 4.06. The SMILES string of the molecule is CCNCCCNS(=O)(=O)c1ccc(C(=O)O)cc1Br. The lowest BCUT2D eigenvalue weighted by molar-refractivity contribution is 0.0696. The quantitative estimate of drug-likeness (QED) is 0.606. The number of sulfonamides is 1. The standard InChI is InChI=1S/C12H17BrN2O4S/c1-2-14-6-3-7-15-20(18,19)11-5-4-9(12(16)17)8-10(11)13/h4-5,8,14-15H,2-3,6-7H2,1H3,(H,16,17). The minimum Gasteiger partial charge on any atom is -0.478 e. The Bertz CT molecular complexity index is 575. The number of nitrogens with one attached hydrogen (secondary N) is 2. The van der Waals surface area contributed by atoms with Crippen LogP contribution in [-0.4, -0.2) is 39.1 Å². The van der Waals surface area contributed by atoms with Gasteiger partial charge in [-0.1, -0.05) is 6.92 Å². The van der Waals surface area contributed by atoms with Crippen LogP contribution in [0.5, 0.6) is 0 Å². The highest BCUT2D eigenvalue weighted by atomic mass is 79.9. The maximum Gasteiger partial charge on any atom is 0.335 e. The second kappa shape index (κ2) is 7.72. The number of halogens is 1. The Morgan fingerprint density at radius 1 is 1.35 bits per heavy atom. The Hall–Kier alpha value is -0.960. The summed E-state index contributed by atoms with van der Waals surface area (Å²) in [5.41, 5.74) is 0.0305. The maximum atomic E-state index is 12.1. The third-order valence-corrected chi connectivity index (χ3v) is 4.98. The number of rotatable bonds is 8. The minimum absolute atomic E-state index is 0.0305.